The molecule has 0 amide bonds. The van der Waals surface area contributed by atoms with E-state index in [0.717, 1.165) is 12.1 Å². The summed E-state index contributed by atoms with van der Waals surface area (Å²) in [7, 11) is 0. The zero-order valence-electron chi connectivity index (χ0n) is 9.67. The summed E-state index contributed by atoms with van der Waals surface area (Å²) in [5.74, 6) is -0.355. The van der Waals surface area contributed by atoms with Crippen LogP contribution >= 0.6 is 11.6 Å². The van der Waals surface area contributed by atoms with E-state index in [9.17, 15) is 18.0 Å². The van der Waals surface area contributed by atoms with E-state index in [4.69, 9.17) is 16.3 Å². The lowest BCUT2D eigenvalue weighted by Crippen LogP contribution is -2.20. The fourth-order valence-electron chi connectivity index (χ4n) is 1.85. The number of hydrogen-bond acceptors (Lipinski definition) is 3. The van der Waals surface area contributed by atoms with E-state index >= 15 is 0 Å². The van der Waals surface area contributed by atoms with Crippen LogP contribution in [0, 0.1) is 0 Å². The highest BCUT2D eigenvalue weighted by Crippen LogP contribution is 2.34. The van der Waals surface area contributed by atoms with Gasteiger partial charge in [-0.25, -0.2) is 0 Å². The quantitative estimate of drug-likeness (QED) is 0.835. The molecule has 2 rings (SSSR count). The van der Waals surface area contributed by atoms with Crippen molar-refractivity contribution in [2.24, 2.45) is 0 Å². The summed E-state index contributed by atoms with van der Waals surface area (Å²) in [6, 6.07) is 3.59. The highest BCUT2D eigenvalue weighted by molar-refractivity contribution is 6.31. The summed E-state index contributed by atoms with van der Waals surface area (Å²) in [5.41, 5.74) is 0.490. The molecule has 1 unspecified atom stereocenters. The molecule has 104 valence electrons. The Balaban J connectivity index is 2.17. The fourth-order valence-corrected chi connectivity index (χ4v) is 2.14. The molecule has 0 aromatic heterocycles. The molecule has 19 heavy (non-hydrogen) atoms. The SMILES string of the molecule is O=C1CCOC(c2ccc(OC(F)(F)F)cc2Cl)C1. The van der Waals surface area contributed by atoms with E-state index < -0.39 is 18.2 Å². The van der Waals surface area contributed by atoms with Gasteiger partial charge in [0.05, 0.1) is 17.7 Å². The van der Waals surface area contributed by atoms with Crippen LogP contribution in [0.25, 0.3) is 0 Å². The molecular weight excluding hydrogens is 285 g/mol. The number of hydrogen-bond donors (Lipinski definition) is 0. The van der Waals surface area contributed by atoms with E-state index in [0.29, 0.717) is 18.6 Å². The van der Waals surface area contributed by atoms with Gasteiger partial charge in [0, 0.05) is 18.4 Å². The van der Waals surface area contributed by atoms with Crippen molar-refractivity contribution in [1.29, 1.82) is 0 Å². The molecule has 7 heteroatoms. The molecule has 0 spiro atoms. The first-order valence-corrected chi connectivity index (χ1v) is 5.91. The van der Waals surface area contributed by atoms with E-state index in [1.807, 2.05) is 0 Å². The van der Waals surface area contributed by atoms with Crippen molar-refractivity contribution in [1.82, 2.24) is 0 Å². The van der Waals surface area contributed by atoms with Gasteiger partial charge in [-0.15, -0.1) is 13.2 Å². The molecule has 3 nitrogen and oxygen atoms in total. The maximum atomic E-state index is 12.0. The Morgan fingerprint density at radius 3 is 2.68 bits per heavy atom. The maximum absolute atomic E-state index is 12.0. The van der Waals surface area contributed by atoms with Gasteiger partial charge >= 0.3 is 6.36 Å². The van der Waals surface area contributed by atoms with Crippen LogP contribution < -0.4 is 4.74 Å². The normalized spacial score (nSPS) is 20.4. The molecule has 0 radical (unpaired) electrons. The molecule has 1 heterocycles. The third-order valence-corrected chi connectivity index (χ3v) is 2.99. The van der Waals surface area contributed by atoms with Gasteiger partial charge in [0.15, 0.2) is 0 Å². The molecule has 0 aliphatic carbocycles. The minimum atomic E-state index is -4.76. The van der Waals surface area contributed by atoms with Crippen LogP contribution in [0.15, 0.2) is 18.2 Å². The number of carbonyl (C=O) groups excluding carboxylic acids is 1. The molecule has 1 aromatic carbocycles. The second kappa shape index (κ2) is 5.38. The van der Waals surface area contributed by atoms with E-state index in [1.165, 1.54) is 6.07 Å². The Morgan fingerprint density at radius 2 is 2.11 bits per heavy atom. The van der Waals surface area contributed by atoms with Crippen LogP contribution in [0.2, 0.25) is 5.02 Å². The van der Waals surface area contributed by atoms with Crippen molar-refractivity contribution < 1.29 is 27.4 Å². The van der Waals surface area contributed by atoms with Crippen LogP contribution in [0.1, 0.15) is 24.5 Å². The number of Topliss-reactive ketones (excluding diaryl/α,β-unsaturated/α-hetero) is 1. The Morgan fingerprint density at radius 1 is 1.37 bits per heavy atom. The first-order valence-electron chi connectivity index (χ1n) is 5.53. The highest BCUT2D eigenvalue weighted by Gasteiger charge is 2.31. The number of benzene rings is 1. The van der Waals surface area contributed by atoms with E-state index in [2.05, 4.69) is 4.74 Å². The lowest BCUT2D eigenvalue weighted by molar-refractivity contribution is -0.274. The van der Waals surface area contributed by atoms with Crippen molar-refractivity contribution in [3.63, 3.8) is 0 Å². The number of alkyl halides is 3. The summed E-state index contributed by atoms with van der Waals surface area (Å²) >= 11 is 5.90. The summed E-state index contributed by atoms with van der Waals surface area (Å²) in [6.07, 6.45) is -4.74. The van der Waals surface area contributed by atoms with Gasteiger partial charge in [-0.1, -0.05) is 17.7 Å². The minimum Gasteiger partial charge on any atom is -0.406 e. The predicted molar refractivity (Wildman–Crippen MR) is 61.1 cm³/mol. The number of ketones is 1. The molecule has 0 N–H and O–H groups in total. The minimum absolute atomic E-state index is 0.0444. The first kappa shape index (κ1) is 14.1. The molecule has 1 atom stereocenters. The zero-order chi connectivity index (χ0) is 14.0. The zero-order valence-corrected chi connectivity index (χ0v) is 10.4. The van der Waals surface area contributed by atoms with Crippen molar-refractivity contribution in [3.8, 4) is 5.75 Å². The smallest absolute Gasteiger partial charge is 0.406 e. The maximum Gasteiger partial charge on any atom is 0.573 e. The summed E-state index contributed by atoms with van der Waals surface area (Å²) < 4.78 is 45.3. The van der Waals surface area contributed by atoms with Crippen LogP contribution in [0.3, 0.4) is 0 Å². The lowest BCUT2D eigenvalue weighted by atomic mass is 10.0. The molecule has 1 saturated heterocycles. The average molecular weight is 295 g/mol. The van der Waals surface area contributed by atoms with Crippen molar-refractivity contribution in [2.75, 3.05) is 6.61 Å². The number of carbonyl (C=O) groups is 1. The summed E-state index contributed by atoms with van der Waals surface area (Å²) in [6.45, 7) is 0.292. The summed E-state index contributed by atoms with van der Waals surface area (Å²) in [4.78, 5) is 11.3. The number of rotatable bonds is 2. The van der Waals surface area contributed by atoms with Gasteiger partial charge in [-0.05, 0) is 12.1 Å². The van der Waals surface area contributed by atoms with Gasteiger partial charge < -0.3 is 9.47 Å². The van der Waals surface area contributed by atoms with Crippen LogP contribution in [0.4, 0.5) is 13.2 Å². The molecule has 1 aromatic rings. The molecule has 1 fully saturated rings. The molecular formula is C12H10ClF3O3. The number of halogens is 4. The molecule has 0 saturated carbocycles. The highest BCUT2D eigenvalue weighted by atomic mass is 35.5. The monoisotopic (exact) mass is 294 g/mol. The molecule has 0 bridgehead atoms. The third kappa shape index (κ3) is 3.84. The Labute approximate surface area is 112 Å². The molecule has 1 aliphatic rings. The van der Waals surface area contributed by atoms with Crippen molar-refractivity contribution in [3.05, 3.63) is 28.8 Å². The van der Waals surface area contributed by atoms with E-state index in [-0.39, 0.29) is 17.2 Å². The third-order valence-electron chi connectivity index (χ3n) is 2.67. The van der Waals surface area contributed by atoms with Gasteiger partial charge in [0.2, 0.25) is 0 Å². The average Bonchev–Trinajstić information content (AvgIpc) is 2.26. The lowest BCUT2D eigenvalue weighted by Gasteiger charge is -2.23. The predicted octanol–water partition coefficient (Wildman–Crippen LogP) is 3.66. The fraction of sp³-hybridized carbons (Fsp3) is 0.417. The topological polar surface area (TPSA) is 35.5 Å². The van der Waals surface area contributed by atoms with Gasteiger partial charge in [0.1, 0.15) is 11.5 Å². The van der Waals surface area contributed by atoms with E-state index in [1.54, 1.807) is 0 Å². The second-order valence-electron chi connectivity index (χ2n) is 4.08. The Kier molecular flexibility index (Phi) is 4.01. The van der Waals surface area contributed by atoms with Crippen molar-refractivity contribution >= 4 is 17.4 Å². The number of ether oxygens (including phenoxy) is 2. The van der Waals surface area contributed by atoms with Crippen LogP contribution in [-0.2, 0) is 9.53 Å². The Hall–Kier alpha value is -1.27. The van der Waals surface area contributed by atoms with Crippen molar-refractivity contribution in [2.45, 2.75) is 25.3 Å². The van der Waals surface area contributed by atoms with Gasteiger partial charge in [-0.3, -0.25) is 4.79 Å². The Bertz CT molecular complexity index is 488. The standard InChI is InChI=1S/C12H10ClF3O3/c13-10-6-8(19-12(14,15)16)1-2-9(10)11-5-7(17)3-4-18-11/h1-2,6,11H,3-5H2. The van der Waals surface area contributed by atoms with Crippen LogP contribution in [0.5, 0.6) is 5.75 Å². The largest absolute Gasteiger partial charge is 0.573 e. The van der Waals surface area contributed by atoms with Gasteiger partial charge in [0.25, 0.3) is 0 Å². The first-order chi connectivity index (χ1) is 8.85. The van der Waals surface area contributed by atoms with Gasteiger partial charge in [-0.2, -0.15) is 0 Å². The summed E-state index contributed by atoms with van der Waals surface area (Å²) in [5, 5.41) is 0.0847. The molecule has 1 aliphatic heterocycles. The van der Waals surface area contributed by atoms with Crippen LogP contribution in [-0.4, -0.2) is 18.8 Å². The second-order valence-corrected chi connectivity index (χ2v) is 4.49.